The van der Waals surface area contributed by atoms with Crippen molar-refractivity contribution in [2.75, 3.05) is 0 Å². The number of nitrogens with zero attached hydrogens (tertiary/aromatic N) is 1. The second-order valence-corrected chi connectivity index (χ2v) is 4.93. The van der Waals surface area contributed by atoms with E-state index in [1.165, 1.54) is 6.07 Å². The van der Waals surface area contributed by atoms with E-state index in [1.54, 1.807) is 10.8 Å². The highest BCUT2D eigenvalue weighted by Gasteiger charge is 2.20. The van der Waals surface area contributed by atoms with E-state index < -0.39 is 5.97 Å². The molecule has 0 aliphatic heterocycles. The number of carbonyl (C=O) groups is 1. The molecule has 1 heterocycles. The maximum atomic E-state index is 10.9. The molecule has 1 N–H and O–H groups in total. The van der Waals surface area contributed by atoms with Crippen molar-refractivity contribution in [1.82, 2.24) is 4.57 Å². The van der Waals surface area contributed by atoms with Crippen LogP contribution in [0.1, 0.15) is 37.7 Å². The molecule has 0 aliphatic rings. The summed E-state index contributed by atoms with van der Waals surface area (Å²) in [7, 11) is 0. The van der Waals surface area contributed by atoms with Gasteiger partial charge in [0.25, 0.3) is 0 Å². The lowest BCUT2D eigenvalue weighted by Gasteiger charge is -2.23. The van der Waals surface area contributed by atoms with Gasteiger partial charge >= 0.3 is 5.97 Å². The normalized spacial score (nSPS) is 11.7. The Labute approximate surface area is 94.7 Å². The monoisotopic (exact) mass is 229 g/mol. The van der Waals surface area contributed by atoms with Gasteiger partial charge < -0.3 is 9.67 Å². The molecule has 0 amide bonds. The largest absolute Gasteiger partial charge is 0.477 e. The van der Waals surface area contributed by atoms with E-state index in [1.807, 2.05) is 0 Å². The van der Waals surface area contributed by atoms with Gasteiger partial charge in [-0.2, -0.15) is 0 Å². The van der Waals surface area contributed by atoms with Gasteiger partial charge in [-0.05, 0) is 17.9 Å². The zero-order valence-electron chi connectivity index (χ0n) is 9.25. The molecule has 0 saturated heterocycles. The molecular weight excluding hydrogens is 214 g/mol. The molecule has 0 aliphatic carbocycles. The molecule has 0 radical (unpaired) electrons. The highest BCUT2D eigenvalue weighted by Crippen LogP contribution is 2.25. The van der Waals surface area contributed by atoms with Crippen molar-refractivity contribution in [2.24, 2.45) is 5.41 Å². The van der Waals surface area contributed by atoms with Crippen LogP contribution in [0, 0.1) is 5.41 Å². The lowest BCUT2D eigenvalue weighted by molar-refractivity contribution is 0.0682. The van der Waals surface area contributed by atoms with E-state index in [4.69, 9.17) is 16.7 Å². The van der Waals surface area contributed by atoms with Crippen LogP contribution in [0.5, 0.6) is 0 Å². The van der Waals surface area contributed by atoms with Crippen molar-refractivity contribution in [2.45, 2.75) is 33.7 Å². The molecule has 0 atom stereocenters. The van der Waals surface area contributed by atoms with Crippen LogP contribution in [-0.4, -0.2) is 15.6 Å². The number of carboxylic acid groups (broad SMARTS) is 1. The summed E-state index contributed by atoms with van der Waals surface area (Å²) in [4.78, 5) is 10.9. The van der Waals surface area contributed by atoms with Crippen molar-refractivity contribution < 1.29 is 9.90 Å². The molecule has 1 aromatic rings. The molecule has 0 fully saturated rings. The molecular formula is C11H16ClNO2. The van der Waals surface area contributed by atoms with E-state index in [2.05, 4.69) is 20.8 Å². The van der Waals surface area contributed by atoms with E-state index in [0.29, 0.717) is 11.6 Å². The Balaban J connectivity index is 2.99. The Kier molecular flexibility index (Phi) is 3.45. The van der Waals surface area contributed by atoms with E-state index >= 15 is 0 Å². The molecule has 0 spiro atoms. The molecule has 1 aromatic heterocycles. The quantitative estimate of drug-likeness (QED) is 0.861. The maximum Gasteiger partial charge on any atom is 0.352 e. The summed E-state index contributed by atoms with van der Waals surface area (Å²) in [5.74, 6) is -0.936. The van der Waals surface area contributed by atoms with Crippen LogP contribution in [0.25, 0.3) is 0 Å². The Bertz CT molecular complexity index is 369. The van der Waals surface area contributed by atoms with E-state index in [9.17, 15) is 4.79 Å². The fraction of sp³-hybridized carbons (Fsp3) is 0.545. The summed E-state index contributed by atoms with van der Waals surface area (Å²) in [6, 6.07) is 1.48. The number of hydrogen-bond acceptors (Lipinski definition) is 1. The van der Waals surface area contributed by atoms with Crippen molar-refractivity contribution in [3.8, 4) is 0 Å². The summed E-state index contributed by atoms with van der Waals surface area (Å²) >= 11 is 5.80. The Morgan fingerprint density at radius 1 is 1.60 bits per heavy atom. The van der Waals surface area contributed by atoms with Gasteiger partial charge in [-0.1, -0.05) is 32.4 Å². The molecule has 1 rings (SSSR count). The first kappa shape index (κ1) is 12.1. The second kappa shape index (κ2) is 4.27. The Hall–Kier alpha value is -0.960. The first-order chi connectivity index (χ1) is 6.85. The van der Waals surface area contributed by atoms with Gasteiger partial charge in [-0.3, -0.25) is 0 Å². The average molecular weight is 230 g/mol. The lowest BCUT2D eigenvalue weighted by atomic mass is 9.90. The molecule has 15 heavy (non-hydrogen) atoms. The van der Waals surface area contributed by atoms with Crippen LogP contribution in [0.2, 0.25) is 5.02 Å². The van der Waals surface area contributed by atoms with Gasteiger partial charge in [-0.15, -0.1) is 0 Å². The first-order valence-corrected chi connectivity index (χ1v) is 5.32. The zero-order valence-corrected chi connectivity index (χ0v) is 10.0. The van der Waals surface area contributed by atoms with Crippen LogP contribution in [0.15, 0.2) is 12.3 Å². The molecule has 0 aromatic carbocycles. The number of aromatic carboxylic acids is 1. The molecule has 4 heteroatoms. The molecule has 0 bridgehead atoms. The fourth-order valence-corrected chi connectivity index (χ4v) is 1.58. The Morgan fingerprint density at radius 3 is 2.67 bits per heavy atom. The highest BCUT2D eigenvalue weighted by atomic mass is 35.5. The van der Waals surface area contributed by atoms with Crippen molar-refractivity contribution in [3.63, 3.8) is 0 Å². The third kappa shape index (κ3) is 2.99. The number of rotatable bonds is 4. The minimum absolute atomic E-state index is 0.0759. The van der Waals surface area contributed by atoms with Gasteiger partial charge in [0.15, 0.2) is 0 Å². The predicted octanol–water partition coefficient (Wildman–Crippen LogP) is 3.28. The minimum Gasteiger partial charge on any atom is -0.477 e. The van der Waals surface area contributed by atoms with Gasteiger partial charge in [0, 0.05) is 12.7 Å². The topological polar surface area (TPSA) is 42.2 Å². The summed E-state index contributed by atoms with van der Waals surface area (Å²) in [6.45, 7) is 6.96. The van der Waals surface area contributed by atoms with Crippen LogP contribution >= 0.6 is 11.6 Å². The van der Waals surface area contributed by atoms with E-state index in [-0.39, 0.29) is 11.1 Å². The second-order valence-electron chi connectivity index (χ2n) is 4.49. The molecule has 84 valence electrons. The van der Waals surface area contributed by atoms with Crippen LogP contribution in [0.3, 0.4) is 0 Å². The maximum absolute atomic E-state index is 10.9. The van der Waals surface area contributed by atoms with Crippen LogP contribution in [0.4, 0.5) is 0 Å². The van der Waals surface area contributed by atoms with Gasteiger partial charge in [0.05, 0.1) is 5.02 Å². The third-order valence-corrected chi connectivity index (χ3v) is 2.84. The molecule has 0 saturated carbocycles. The lowest BCUT2D eigenvalue weighted by Crippen LogP contribution is -2.20. The van der Waals surface area contributed by atoms with Gasteiger partial charge in [0.2, 0.25) is 0 Å². The Morgan fingerprint density at radius 2 is 2.20 bits per heavy atom. The third-order valence-electron chi connectivity index (χ3n) is 2.64. The number of carboxylic acids is 1. The average Bonchev–Trinajstić information content (AvgIpc) is 2.46. The SMILES string of the molecule is CCC(C)(C)Cn1cc(Cl)cc1C(=O)O. The standard InChI is InChI=1S/C11H16ClNO2/c1-4-11(2,3)7-13-6-8(12)5-9(13)10(14)15/h5-6H,4,7H2,1-3H3,(H,14,15). The highest BCUT2D eigenvalue weighted by molar-refractivity contribution is 6.30. The fourth-order valence-electron chi connectivity index (χ4n) is 1.36. The number of halogens is 1. The van der Waals surface area contributed by atoms with Gasteiger partial charge in [-0.25, -0.2) is 4.79 Å². The predicted molar refractivity (Wildman–Crippen MR) is 60.5 cm³/mol. The van der Waals surface area contributed by atoms with Crippen molar-refractivity contribution >= 4 is 17.6 Å². The van der Waals surface area contributed by atoms with Crippen molar-refractivity contribution in [1.29, 1.82) is 0 Å². The molecule has 3 nitrogen and oxygen atoms in total. The zero-order chi connectivity index (χ0) is 11.6. The first-order valence-electron chi connectivity index (χ1n) is 4.94. The van der Waals surface area contributed by atoms with Crippen molar-refractivity contribution in [3.05, 3.63) is 23.0 Å². The summed E-state index contributed by atoms with van der Waals surface area (Å²) in [5, 5.41) is 9.44. The minimum atomic E-state index is -0.936. The van der Waals surface area contributed by atoms with Crippen LogP contribution < -0.4 is 0 Å². The van der Waals surface area contributed by atoms with E-state index in [0.717, 1.165) is 6.42 Å². The smallest absolute Gasteiger partial charge is 0.352 e. The van der Waals surface area contributed by atoms with Gasteiger partial charge in [0.1, 0.15) is 5.69 Å². The van der Waals surface area contributed by atoms with Crippen LogP contribution in [-0.2, 0) is 6.54 Å². The summed E-state index contributed by atoms with van der Waals surface area (Å²) in [6.07, 6.45) is 2.66. The number of aromatic nitrogens is 1. The number of hydrogen-bond donors (Lipinski definition) is 1. The molecule has 0 unspecified atom stereocenters. The summed E-state index contributed by atoms with van der Waals surface area (Å²) < 4.78 is 1.70. The summed E-state index contributed by atoms with van der Waals surface area (Å²) in [5.41, 5.74) is 0.327.